The van der Waals surface area contributed by atoms with Crippen LogP contribution in [-0.2, 0) is 9.47 Å². The maximum absolute atomic E-state index is 6.24. The van der Waals surface area contributed by atoms with Crippen LogP contribution in [0.3, 0.4) is 0 Å². The van der Waals surface area contributed by atoms with E-state index >= 15 is 0 Å². The van der Waals surface area contributed by atoms with Gasteiger partial charge in [-0.25, -0.2) is 0 Å². The monoisotopic (exact) mass is 625 g/mol. The molecule has 0 unspecified atom stereocenters. The lowest BCUT2D eigenvalue weighted by molar-refractivity contribution is -0.148. The first-order valence-electron chi connectivity index (χ1n) is 20.0. The molecular formula is C43H76O2. The van der Waals surface area contributed by atoms with Gasteiger partial charge in [0.15, 0.2) is 6.29 Å². The molecule has 2 heteroatoms. The summed E-state index contributed by atoms with van der Waals surface area (Å²) < 4.78 is 12.5. The maximum Gasteiger partial charge on any atom is 0.183 e. The lowest BCUT2D eigenvalue weighted by Crippen LogP contribution is -2.11. The zero-order chi connectivity index (χ0) is 32.1. The van der Waals surface area contributed by atoms with Crippen LogP contribution in [0.2, 0.25) is 0 Å². The predicted molar refractivity (Wildman–Crippen MR) is 200 cm³/mol. The minimum absolute atomic E-state index is 0.225. The molecule has 1 aromatic carbocycles. The van der Waals surface area contributed by atoms with Crippen LogP contribution in [0, 0.1) is 0 Å². The Hall–Kier alpha value is -1.38. The second-order valence-electron chi connectivity index (χ2n) is 13.4. The summed E-state index contributed by atoms with van der Waals surface area (Å²) in [6.07, 6.45) is 46.7. The van der Waals surface area contributed by atoms with Crippen molar-refractivity contribution in [3.8, 4) is 0 Å². The molecule has 0 fully saturated rings. The number of hydrogen-bond donors (Lipinski definition) is 0. The van der Waals surface area contributed by atoms with Crippen molar-refractivity contribution >= 4 is 0 Å². The van der Waals surface area contributed by atoms with Gasteiger partial charge in [-0.05, 0) is 64.2 Å². The molecule has 1 rings (SSSR count). The molecule has 0 N–H and O–H groups in total. The highest BCUT2D eigenvalue weighted by Crippen LogP contribution is 2.21. The zero-order valence-corrected chi connectivity index (χ0v) is 30.3. The van der Waals surface area contributed by atoms with Crippen LogP contribution in [0.25, 0.3) is 0 Å². The molecule has 0 amide bonds. The molecule has 0 saturated heterocycles. The van der Waals surface area contributed by atoms with E-state index < -0.39 is 0 Å². The van der Waals surface area contributed by atoms with Crippen molar-refractivity contribution in [2.45, 2.75) is 200 Å². The van der Waals surface area contributed by atoms with Crippen LogP contribution >= 0.6 is 0 Å². The van der Waals surface area contributed by atoms with Gasteiger partial charge >= 0.3 is 0 Å². The van der Waals surface area contributed by atoms with E-state index in [2.05, 4.69) is 68.5 Å². The highest BCUT2D eigenvalue weighted by molar-refractivity contribution is 5.15. The quantitative estimate of drug-likeness (QED) is 0.0425. The highest BCUT2D eigenvalue weighted by Gasteiger charge is 2.12. The summed E-state index contributed by atoms with van der Waals surface area (Å²) >= 11 is 0. The molecular weight excluding hydrogens is 548 g/mol. The van der Waals surface area contributed by atoms with Crippen molar-refractivity contribution in [3.05, 3.63) is 60.2 Å². The number of ether oxygens (including phenoxy) is 2. The average Bonchev–Trinajstić information content (AvgIpc) is 3.07. The van der Waals surface area contributed by atoms with Crippen molar-refractivity contribution < 1.29 is 9.47 Å². The lowest BCUT2D eigenvalue weighted by Gasteiger charge is -2.19. The van der Waals surface area contributed by atoms with Crippen LogP contribution in [0.1, 0.15) is 205 Å². The fourth-order valence-electron chi connectivity index (χ4n) is 5.93. The van der Waals surface area contributed by atoms with E-state index in [9.17, 15) is 0 Å². The molecule has 0 atom stereocenters. The molecule has 45 heavy (non-hydrogen) atoms. The number of unbranched alkanes of at least 4 members (excludes halogenated alkanes) is 24. The minimum Gasteiger partial charge on any atom is -0.348 e. The first-order valence-corrected chi connectivity index (χ1v) is 20.0. The van der Waals surface area contributed by atoms with Crippen molar-refractivity contribution in [2.75, 3.05) is 13.2 Å². The lowest BCUT2D eigenvalue weighted by atomic mass is 10.1. The zero-order valence-electron chi connectivity index (χ0n) is 30.3. The van der Waals surface area contributed by atoms with Crippen molar-refractivity contribution in [1.82, 2.24) is 0 Å². The normalized spacial score (nSPS) is 12.6. The summed E-state index contributed by atoms with van der Waals surface area (Å²) in [6.45, 7) is 6.15. The van der Waals surface area contributed by atoms with E-state index in [1.807, 2.05) is 0 Å². The van der Waals surface area contributed by atoms with Crippen molar-refractivity contribution in [3.63, 3.8) is 0 Å². The fourth-order valence-corrected chi connectivity index (χ4v) is 5.93. The molecule has 0 aromatic heterocycles. The molecule has 0 aliphatic rings. The summed E-state index contributed by atoms with van der Waals surface area (Å²) in [5, 5.41) is 0. The van der Waals surface area contributed by atoms with Gasteiger partial charge in [0.05, 0.1) is 13.2 Å². The van der Waals surface area contributed by atoms with Gasteiger partial charge in [-0.3, -0.25) is 0 Å². The molecule has 0 spiro atoms. The molecule has 1 aromatic rings. The summed E-state index contributed by atoms with van der Waals surface area (Å²) in [5.74, 6) is 0. The Morgan fingerprint density at radius 2 is 0.711 bits per heavy atom. The molecule has 0 aliphatic carbocycles. The third-order valence-electron chi connectivity index (χ3n) is 8.92. The average molecular weight is 625 g/mol. The van der Waals surface area contributed by atoms with E-state index in [0.29, 0.717) is 0 Å². The molecule has 0 bridgehead atoms. The van der Waals surface area contributed by atoms with Crippen molar-refractivity contribution in [2.24, 2.45) is 0 Å². The van der Waals surface area contributed by atoms with Crippen LogP contribution in [0.15, 0.2) is 54.6 Å². The number of rotatable bonds is 35. The van der Waals surface area contributed by atoms with Crippen molar-refractivity contribution in [1.29, 1.82) is 0 Å². The Labute approximate surface area is 282 Å². The van der Waals surface area contributed by atoms with E-state index in [4.69, 9.17) is 9.47 Å². The van der Waals surface area contributed by atoms with Crippen LogP contribution < -0.4 is 0 Å². The first-order chi connectivity index (χ1) is 22.4. The van der Waals surface area contributed by atoms with Crippen LogP contribution in [-0.4, -0.2) is 13.2 Å². The molecule has 0 aliphatic heterocycles. The second kappa shape index (κ2) is 35.5. The van der Waals surface area contributed by atoms with Gasteiger partial charge < -0.3 is 9.47 Å². The van der Waals surface area contributed by atoms with E-state index in [1.165, 1.54) is 167 Å². The van der Waals surface area contributed by atoms with E-state index in [1.54, 1.807) is 0 Å². The maximum atomic E-state index is 6.24. The Balaban J connectivity index is 1.98. The number of allylic oxidation sites excluding steroid dienone is 4. The molecule has 2 nitrogen and oxygen atoms in total. The minimum atomic E-state index is -0.225. The Morgan fingerprint density at radius 1 is 0.400 bits per heavy atom. The van der Waals surface area contributed by atoms with E-state index in [-0.39, 0.29) is 6.29 Å². The third kappa shape index (κ3) is 29.7. The fraction of sp³-hybridized carbons (Fsp3) is 0.767. The van der Waals surface area contributed by atoms with Crippen LogP contribution in [0.5, 0.6) is 0 Å². The Kier molecular flexibility index (Phi) is 32.8. The van der Waals surface area contributed by atoms with Gasteiger partial charge in [0.2, 0.25) is 0 Å². The molecule has 0 saturated carbocycles. The summed E-state index contributed by atoms with van der Waals surface area (Å²) in [6, 6.07) is 10.5. The number of hydrogen-bond acceptors (Lipinski definition) is 2. The van der Waals surface area contributed by atoms with Gasteiger partial charge in [0.25, 0.3) is 0 Å². The molecule has 0 radical (unpaired) electrons. The summed E-state index contributed by atoms with van der Waals surface area (Å²) in [5.41, 5.74) is 1.14. The Bertz CT molecular complexity index is 695. The topological polar surface area (TPSA) is 18.5 Å². The SMILES string of the molecule is CCCCCCCCC=CCCCCCCCCOC(OCCCCCCCCC=CCCCCCCCC)c1ccccc1. The molecule has 0 heterocycles. The van der Waals surface area contributed by atoms with Gasteiger partial charge in [-0.1, -0.05) is 184 Å². The largest absolute Gasteiger partial charge is 0.348 e. The van der Waals surface area contributed by atoms with E-state index in [0.717, 1.165) is 31.6 Å². The van der Waals surface area contributed by atoms with Gasteiger partial charge in [0, 0.05) is 5.56 Å². The smallest absolute Gasteiger partial charge is 0.183 e. The van der Waals surface area contributed by atoms with Gasteiger partial charge in [-0.15, -0.1) is 0 Å². The van der Waals surface area contributed by atoms with Crippen LogP contribution in [0.4, 0.5) is 0 Å². The predicted octanol–water partition coefficient (Wildman–Crippen LogP) is 14.8. The van der Waals surface area contributed by atoms with Gasteiger partial charge in [-0.2, -0.15) is 0 Å². The standard InChI is InChI=1S/C43H76O2/c1-3-5-7-9-11-13-15-17-19-21-23-25-27-29-31-36-40-44-43(42-38-34-33-35-39-42)45-41-37-32-30-28-26-24-22-20-18-16-14-12-10-8-6-4-2/h17-20,33-35,38-39,43H,3-16,21-32,36-37,40-41H2,1-2H3. The third-order valence-corrected chi connectivity index (χ3v) is 8.92. The second-order valence-corrected chi connectivity index (χ2v) is 13.4. The first kappa shape index (κ1) is 41.6. The van der Waals surface area contributed by atoms with Gasteiger partial charge in [0.1, 0.15) is 0 Å². The summed E-state index contributed by atoms with van der Waals surface area (Å²) in [7, 11) is 0. The highest BCUT2D eigenvalue weighted by atomic mass is 16.7. The molecule has 260 valence electrons. The number of benzene rings is 1. The summed E-state index contributed by atoms with van der Waals surface area (Å²) in [4.78, 5) is 0. The Morgan fingerprint density at radius 3 is 1.07 bits per heavy atom.